The van der Waals surface area contributed by atoms with Gasteiger partial charge in [-0.15, -0.1) is 0 Å². The largest absolute Gasteiger partial charge is 0.307 e. The molecule has 1 rings (SSSR count). The third-order valence-electron chi connectivity index (χ3n) is 1.93. The number of hydrogen-bond donors (Lipinski definition) is 1. The van der Waals surface area contributed by atoms with Crippen molar-refractivity contribution < 1.29 is 0 Å². The Balaban J connectivity index is 2.87. The molecule has 1 aromatic rings. The molecule has 86 valence electrons. The first kappa shape index (κ1) is 12.8. The van der Waals surface area contributed by atoms with Gasteiger partial charge in [-0.3, -0.25) is 9.98 Å². The number of para-hydroxylation sites is 1. The molecule has 0 spiro atoms. The topological polar surface area (TPSA) is 48.6 Å². The summed E-state index contributed by atoms with van der Waals surface area (Å²) in [5, 5.41) is 6.80. The van der Waals surface area contributed by atoms with Crippen molar-refractivity contribution in [3.8, 4) is 0 Å². The number of nitrogens with zero attached hydrogens (tertiary/aromatic N) is 2. The molecule has 0 aliphatic heterocycles. The Bertz CT molecular complexity index is 468. The van der Waals surface area contributed by atoms with E-state index in [1.54, 1.807) is 12.4 Å². The molecule has 0 saturated heterocycles. The minimum absolute atomic E-state index is 0.895. The Kier molecular flexibility index (Phi) is 5.96. The Morgan fingerprint density at radius 1 is 1.18 bits per heavy atom. The van der Waals surface area contributed by atoms with Gasteiger partial charge in [-0.2, -0.15) is 0 Å². The van der Waals surface area contributed by atoms with Gasteiger partial charge in [0.15, 0.2) is 0 Å². The van der Waals surface area contributed by atoms with E-state index in [0.29, 0.717) is 0 Å². The van der Waals surface area contributed by atoms with E-state index in [1.165, 1.54) is 6.21 Å². The summed E-state index contributed by atoms with van der Waals surface area (Å²) in [4.78, 5) is 8.24. The van der Waals surface area contributed by atoms with Crippen molar-refractivity contribution in [1.29, 1.82) is 5.41 Å². The van der Waals surface area contributed by atoms with E-state index in [0.717, 1.165) is 17.5 Å². The molecule has 0 bridgehead atoms. The maximum atomic E-state index is 6.80. The van der Waals surface area contributed by atoms with Crippen molar-refractivity contribution in [3.63, 3.8) is 0 Å². The fraction of sp³-hybridized carbons (Fsp3) is 0.0714. The van der Waals surface area contributed by atoms with Crippen LogP contribution in [-0.4, -0.2) is 18.6 Å². The molecule has 0 fully saturated rings. The van der Waals surface area contributed by atoms with Crippen LogP contribution in [0.15, 0.2) is 52.6 Å². The molecule has 0 aromatic heterocycles. The van der Waals surface area contributed by atoms with Gasteiger partial charge >= 0.3 is 0 Å². The van der Waals surface area contributed by atoms with Crippen molar-refractivity contribution in [2.24, 2.45) is 9.98 Å². The van der Waals surface area contributed by atoms with Gasteiger partial charge < -0.3 is 5.41 Å². The van der Waals surface area contributed by atoms with E-state index >= 15 is 0 Å². The lowest BCUT2D eigenvalue weighted by molar-refractivity contribution is 1.50. The van der Waals surface area contributed by atoms with Crippen LogP contribution in [0.3, 0.4) is 0 Å². The Morgan fingerprint density at radius 3 is 2.76 bits per heavy atom. The number of nitrogens with one attached hydrogen (secondary N) is 1. The van der Waals surface area contributed by atoms with Crippen molar-refractivity contribution in [1.82, 2.24) is 0 Å². The summed E-state index contributed by atoms with van der Waals surface area (Å²) in [6.45, 7) is 1.95. The maximum Gasteiger partial charge on any atom is 0.0702 e. The molecule has 1 aromatic carbocycles. The molecule has 0 unspecified atom stereocenters. The van der Waals surface area contributed by atoms with Crippen molar-refractivity contribution >= 4 is 30.4 Å². The summed E-state index contributed by atoms with van der Waals surface area (Å²) in [5.74, 6) is 0. The zero-order valence-corrected chi connectivity index (χ0v) is 9.75. The second-order valence-corrected chi connectivity index (χ2v) is 3.14. The molecular formula is C14H15N3. The fourth-order valence-corrected chi connectivity index (χ4v) is 1.17. The lowest BCUT2D eigenvalue weighted by Gasteiger charge is -1.97. The predicted molar refractivity (Wildman–Crippen MR) is 75.7 cm³/mol. The third-order valence-corrected chi connectivity index (χ3v) is 1.93. The minimum Gasteiger partial charge on any atom is -0.307 e. The van der Waals surface area contributed by atoms with Crippen LogP contribution >= 0.6 is 0 Å². The number of aliphatic imine (C=N–C) groups is 2. The van der Waals surface area contributed by atoms with Crippen molar-refractivity contribution in [3.05, 3.63) is 48.2 Å². The predicted octanol–water partition coefficient (Wildman–Crippen LogP) is 3.66. The highest BCUT2D eigenvalue weighted by Gasteiger charge is 1.93. The first-order valence-corrected chi connectivity index (χ1v) is 5.31. The van der Waals surface area contributed by atoms with Gasteiger partial charge in [0.2, 0.25) is 0 Å². The summed E-state index contributed by atoms with van der Waals surface area (Å²) in [6, 6.07) is 7.81. The smallest absolute Gasteiger partial charge is 0.0702 e. The monoisotopic (exact) mass is 225 g/mol. The molecule has 1 N–H and O–H groups in total. The molecule has 0 aliphatic carbocycles. The summed E-state index contributed by atoms with van der Waals surface area (Å²) in [5.41, 5.74) is 1.89. The molecule has 0 atom stereocenters. The van der Waals surface area contributed by atoms with E-state index in [1.807, 2.05) is 49.4 Å². The molecule has 0 saturated carbocycles. The normalized spacial score (nSPS) is 12.3. The summed E-state index contributed by atoms with van der Waals surface area (Å²) >= 11 is 0. The highest BCUT2D eigenvalue weighted by molar-refractivity contribution is 6.14. The van der Waals surface area contributed by atoms with Crippen LogP contribution in [0.4, 0.5) is 5.69 Å². The molecule has 3 heteroatoms. The Labute approximate surface area is 101 Å². The van der Waals surface area contributed by atoms with Gasteiger partial charge in [0.05, 0.1) is 5.69 Å². The van der Waals surface area contributed by atoms with Crippen LogP contribution in [0, 0.1) is 5.41 Å². The van der Waals surface area contributed by atoms with Gasteiger partial charge in [0.1, 0.15) is 0 Å². The number of allylic oxidation sites excluding steroid dienone is 2. The van der Waals surface area contributed by atoms with Crippen LogP contribution in [-0.2, 0) is 0 Å². The van der Waals surface area contributed by atoms with E-state index in [2.05, 4.69) is 9.98 Å². The zero-order valence-electron chi connectivity index (χ0n) is 9.75. The van der Waals surface area contributed by atoms with E-state index in [-0.39, 0.29) is 0 Å². The first-order valence-electron chi connectivity index (χ1n) is 5.31. The second-order valence-electron chi connectivity index (χ2n) is 3.14. The first-order chi connectivity index (χ1) is 8.38. The molecule has 3 nitrogen and oxygen atoms in total. The van der Waals surface area contributed by atoms with Crippen molar-refractivity contribution in [2.45, 2.75) is 6.92 Å². The van der Waals surface area contributed by atoms with Gasteiger partial charge in [-0.25, -0.2) is 0 Å². The molecule has 0 aliphatic rings. The van der Waals surface area contributed by atoms with Gasteiger partial charge in [-0.05, 0) is 25.1 Å². The minimum atomic E-state index is 0.895. The van der Waals surface area contributed by atoms with Crippen LogP contribution in [0.5, 0.6) is 0 Å². The summed E-state index contributed by atoms with van der Waals surface area (Å²) in [7, 11) is 0. The Hall–Kier alpha value is -2.29. The van der Waals surface area contributed by atoms with E-state index in [4.69, 9.17) is 5.41 Å². The summed E-state index contributed by atoms with van der Waals surface area (Å²) < 4.78 is 0. The van der Waals surface area contributed by atoms with Crippen LogP contribution in [0.1, 0.15) is 12.5 Å². The van der Waals surface area contributed by atoms with Crippen LogP contribution < -0.4 is 0 Å². The highest BCUT2D eigenvalue weighted by Crippen LogP contribution is 2.19. The molecule has 17 heavy (non-hydrogen) atoms. The number of rotatable bonds is 5. The highest BCUT2D eigenvalue weighted by atomic mass is 14.7. The molecular weight excluding hydrogens is 210 g/mol. The lowest BCUT2D eigenvalue weighted by atomic mass is 10.2. The molecule has 0 amide bonds. The average Bonchev–Trinajstić information content (AvgIpc) is 2.36. The number of hydrogen-bond acceptors (Lipinski definition) is 3. The number of benzene rings is 1. The zero-order chi connectivity index (χ0) is 12.3. The van der Waals surface area contributed by atoms with Crippen LogP contribution in [0.25, 0.3) is 6.08 Å². The quantitative estimate of drug-likeness (QED) is 0.743. The third kappa shape index (κ3) is 4.84. The standard InChI is InChI=1S/C14H15N3/c1-2-3-10-17-14-7-5-4-6-13(14)8-11-16-12-9-15/h2-12,15H,1H3/b3-2-,11-8+,15-9?,16-12-,17-10-. The second kappa shape index (κ2) is 7.93. The molecule has 0 heterocycles. The van der Waals surface area contributed by atoms with Gasteiger partial charge in [0, 0.05) is 30.4 Å². The average molecular weight is 225 g/mol. The van der Waals surface area contributed by atoms with Crippen molar-refractivity contribution in [2.75, 3.05) is 0 Å². The Morgan fingerprint density at radius 2 is 2.00 bits per heavy atom. The maximum absolute atomic E-state index is 6.80. The van der Waals surface area contributed by atoms with E-state index in [9.17, 15) is 0 Å². The van der Waals surface area contributed by atoms with Crippen LogP contribution in [0.2, 0.25) is 0 Å². The van der Waals surface area contributed by atoms with E-state index < -0.39 is 0 Å². The SMILES string of the molecule is C/C=C\C=N/c1ccccc1/C=C/N=C\C=N. The fourth-order valence-electron chi connectivity index (χ4n) is 1.17. The van der Waals surface area contributed by atoms with Gasteiger partial charge in [-0.1, -0.05) is 24.3 Å². The summed E-state index contributed by atoms with van der Waals surface area (Å²) in [6.07, 6.45) is 11.6. The van der Waals surface area contributed by atoms with Gasteiger partial charge in [0.25, 0.3) is 0 Å². The lowest BCUT2D eigenvalue weighted by Crippen LogP contribution is -1.75. The molecule has 0 radical (unpaired) electrons.